The normalized spacial score (nSPS) is 16.0. The summed E-state index contributed by atoms with van der Waals surface area (Å²) in [5, 5.41) is 0. The number of piperidine rings is 1. The number of methoxy groups -OCH3 is 1. The molecule has 192 valence electrons. The Morgan fingerprint density at radius 3 is 2.57 bits per heavy atom. The minimum Gasteiger partial charge on any atom is -0.497 e. The SMILES string of the molecule is COc1ccc(CSC[C@@H](N)C(=O)N2CCC(=C3c4ccc(C)cc4CCc4cccnc43)CC2)cc1. The predicted molar refractivity (Wildman–Crippen MR) is 152 cm³/mol. The molecule has 0 unspecified atom stereocenters. The molecule has 2 aromatic carbocycles. The van der Waals surface area contributed by atoms with Crippen LogP contribution in [0.4, 0.5) is 0 Å². The van der Waals surface area contributed by atoms with E-state index in [-0.39, 0.29) is 5.91 Å². The first-order chi connectivity index (χ1) is 18.0. The Morgan fingerprint density at radius 1 is 1.05 bits per heavy atom. The van der Waals surface area contributed by atoms with E-state index in [1.54, 1.807) is 18.9 Å². The van der Waals surface area contributed by atoms with Crippen molar-refractivity contribution in [2.24, 2.45) is 5.73 Å². The van der Waals surface area contributed by atoms with Gasteiger partial charge in [-0.05, 0) is 73.1 Å². The van der Waals surface area contributed by atoms with E-state index in [2.05, 4.69) is 43.3 Å². The number of carbonyl (C=O) groups is 1. The first-order valence-electron chi connectivity index (χ1n) is 13.0. The summed E-state index contributed by atoms with van der Waals surface area (Å²) in [6.07, 6.45) is 5.65. The van der Waals surface area contributed by atoms with E-state index in [9.17, 15) is 4.79 Å². The fourth-order valence-corrected chi connectivity index (χ4v) is 6.31. The molecule has 1 aromatic heterocycles. The highest BCUT2D eigenvalue weighted by atomic mass is 32.2. The fourth-order valence-electron chi connectivity index (χ4n) is 5.37. The number of nitrogens with zero attached hydrogens (tertiary/aromatic N) is 2. The molecular formula is C31H35N3O2S. The van der Waals surface area contributed by atoms with Crippen LogP contribution in [0.25, 0.3) is 5.57 Å². The number of pyridine rings is 1. The van der Waals surface area contributed by atoms with Crippen LogP contribution < -0.4 is 10.5 Å². The molecule has 6 heteroatoms. The predicted octanol–water partition coefficient (Wildman–Crippen LogP) is 5.18. The summed E-state index contributed by atoms with van der Waals surface area (Å²) in [5.74, 6) is 2.34. The van der Waals surface area contributed by atoms with Crippen LogP contribution in [-0.4, -0.2) is 47.8 Å². The number of aromatic nitrogens is 1. The van der Waals surface area contributed by atoms with Crippen molar-refractivity contribution in [3.05, 3.63) is 99.9 Å². The molecule has 2 N–H and O–H groups in total. The Morgan fingerprint density at radius 2 is 1.81 bits per heavy atom. The number of rotatable bonds is 6. The Bertz CT molecular complexity index is 1290. The molecule has 5 rings (SSSR count). The second-order valence-corrected chi connectivity index (χ2v) is 11.0. The van der Waals surface area contributed by atoms with Gasteiger partial charge in [0.1, 0.15) is 5.75 Å². The second kappa shape index (κ2) is 11.5. The van der Waals surface area contributed by atoms with E-state index in [1.807, 2.05) is 29.3 Å². The van der Waals surface area contributed by atoms with Gasteiger partial charge in [0.05, 0.1) is 18.8 Å². The molecule has 1 aliphatic carbocycles. The summed E-state index contributed by atoms with van der Waals surface area (Å²) in [7, 11) is 1.67. The van der Waals surface area contributed by atoms with Crippen molar-refractivity contribution in [3.8, 4) is 5.75 Å². The Labute approximate surface area is 224 Å². The lowest BCUT2D eigenvalue weighted by molar-refractivity contribution is -0.132. The van der Waals surface area contributed by atoms with Gasteiger partial charge in [0, 0.05) is 36.4 Å². The maximum absolute atomic E-state index is 13.1. The van der Waals surface area contributed by atoms with Gasteiger partial charge < -0.3 is 15.4 Å². The van der Waals surface area contributed by atoms with Crippen LogP contribution in [0.1, 0.15) is 46.4 Å². The molecule has 2 aliphatic rings. The molecule has 1 saturated heterocycles. The number of likely N-dealkylation sites (tertiary alicyclic amines) is 1. The lowest BCUT2D eigenvalue weighted by Gasteiger charge is -2.32. The van der Waals surface area contributed by atoms with E-state index >= 15 is 0 Å². The number of nitrogens with two attached hydrogens (primary N) is 1. The quantitative estimate of drug-likeness (QED) is 0.492. The van der Waals surface area contributed by atoms with Crippen LogP contribution in [-0.2, 0) is 23.4 Å². The molecule has 3 aromatic rings. The Balaban J connectivity index is 1.26. The van der Waals surface area contributed by atoms with Crippen molar-refractivity contribution < 1.29 is 9.53 Å². The standard InChI is InChI=1S/C31H35N3O2S/c1-21-5-12-27-25(18-21)9-8-24-4-3-15-33-30(24)29(27)23-13-16-34(17-14-23)31(35)28(32)20-37-19-22-6-10-26(36-2)11-7-22/h3-7,10-12,15,18,28H,8-9,13-14,16-17,19-20,32H2,1-2H3/t28-/m1/s1. The van der Waals surface area contributed by atoms with Crippen molar-refractivity contribution in [2.45, 2.75) is 44.4 Å². The van der Waals surface area contributed by atoms with Gasteiger partial charge in [-0.2, -0.15) is 11.8 Å². The topological polar surface area (TPSA) is 68.5 Å². The molecule has 1 atom stereocenters. The zero-order valence-corrected chi connectivity index (χ0v) is 22.5. The second-order valence-electron chi connectivity index (χ2n) is 9.95. The number of aryl methyl sites for hydroxylation is 3. The van der Waals surface area contributed by atoms with E-state index < -0.39 is 6.04 Å². The maximum atomic E-state index is 13.1. The third-order valence-electron chi connectivity index (χ3n) is 7.40. The number of ether oxygens (including phenoxy) is 1. The van der Waals surface area contributed by atoms with Crippen LogP contribution in [0.15, 0.2) is 66.4 Å². The number of hydrogen-bond donors (Lipinski definition) is 1. The van der Waals surface area contributed by atoms with Gasteiger partial charge in [-0.3, -0.25) is 9.78 Å². The Kier molecular flexibility index (Phi) is 7.96. The minimum atomic E-state index is -0.485. The van der Waals surface area contributed by atoms with Gasteiger partial charge in [-0.1, -0.05) is 47.5 Å². The van der Waals surface area contributed by atoms with Gasteiger partial charge in [-0.15, -0.1) is 0 Å². The monoisotopic (exact) mass is 513 g/mol. The molecule has 0 spiro atoms. The highest BCUT2D eigenvalue weighted by Gasteiger charge is 2.28. The number of amides is 1. The largest absolute Gasteiger partial charge is 0.497 e. The number of fused-ring (bicyclic) bond motifs is 2. The van der Waals surface area contributed by atoms with Crippen LogP contribution >= 0.6 is 11.8 Å². The van der Waals surface area contributed by atoms with Crippen LogP contribution in [0, 0.1) is 6.92 Å². The van der Waals surface area contributed by atoms with Gasteiger partial charge in [0.15, 0.2) is 0 Å². The van der Waals surface area contributed by atoms with Gasteiger partial charge in [0.25, 0.3) is 0 Å². The lowest BCUT2D eigenvalue weighted by atomic mass is 9.88. The van der Waals surface area contributed by atoms with Crippen LogP contribution in [0.5, 0.6) is 5.75 Å². The molecule has 2 heterocycles. The van der Waals surface area contributed by atoms with E-state index in [0.717, 1.165) is 42.9 Å². The summed E-state index contributed by atoms with van der Waals surface area (Å²) < 4.78 is 5.22. The van der Waals surface area contributed by atoms with E-state index in [1.165, 1.54) is 39.0 Å². The van der Waals surface area contributed by atoms with Crippen molar-refractivity contribution >= 4 is 23.2 Å². The smallest absolute Gasteiger partial charge is 0.240 e. The lowest BCUT2D eigenvalue weighted by Crippen LogP contribution is -2.47. The molecule has 5 nitrogen and oxygen atoms in total. The third-order valence-corrected chi connectivity index (χ3v) is 8.53. The summed E-state index contributed by atoms with van der Waals surface area (Å²) in [5.41, 5.74) is 16.7. The molecule has 0 saturated carbocycles. The van der Waals surface area contributed by atoms with Crippen molar-refractivity contribution in [2.75, 3.05) is 26.0 Å². The average Bonchev–Trinajstić information content (AvgIpc) is 3.09. The third kappa shape index (κ3) is 5.76. The summed E-state index contributed by atoms with van der Waals surface area (Å²) >= 11 is 1.70. The fraction of sp³-hybridized carbons (Fsp3) is 0.355. The summed E-state index contributed by atoms with van der Waals surface area (Å²) in [6.45, 7) is 3.57. The highest BCUT2D eigenvalue weighted by Crippen LogP contribution is 2.38. The molecule has 0 radical (unpaired) electrons. The zero-order chi connectivity index (χ0) is 25.8. The number of thioether (sulfide) groups is 1. The number of hydrogen-bond acceptors (Lipinski definition) is 5. The van der Waals surface area contributed by atoms with Crippen LogP contribution in [0.2, 0.25) is 0 Å². The molecule has 0 bridgehead atoms. The first kappa shape index (κ1) is 25.6. The maximum Gasteiger partial charge on any atom is 0.240 e. The number of carbonyl (C=O) groups excluding carboxylic acids is 1. The van der Waals surface area contributed by atoms with Gasteiger partial charge in [0.2, 0.25) is 5.91 Å². The molecular weight excluding hydrogens is 478 g/mol. The molecule has 1 fully saturated rings. The number of benzene rings is 2. The van der Waals surface area contributed by atoms with Crippen molar-refractivity contribution in [1.29, 1.82) is 0 Å². The molecule has 37 heavy (non-hydrogen) atoms. The molecule has 1 aliphatic heterocycles. The zero-order valence-electron chi connectivity index (χ0n) is 21.7. The van der Waals surface area contributed by atoms with Crippen molar-refractivity contribution in [1.82, 2.24) is 9.88 Å². The minimum absolute atomic E-state index is 0.0571. The van der Waals surface area contributed by atoms with Crippen molar-refractivity contribution in [3.63, 3.8) is 0 Å². The highest BCUT2D eigenvalue weighted by molar-refractivity contribution is 7.98. The summed E-state index contributed by atoms with van der Waals surface area (Å²) in [4.78, 5) is 19.9. The van der Waals surface area contributed by atoms with Gasteiger partial charge in [-0.25, -0.2) is 0 Å². The van der Waals surface area contributed by atoms with E-state index in [4.69, 9.17) is 15.5 Å². The Hall–Kier alpha value is -3.09. The van der Waals surface area contributed by atoms with E-state index in [0.29, 0.717) is 18.8 Å². The average molecular weight is 514 g/mol. The molecule has 1 amide bonds. The van der Waals surface area contributed by atoms with Crippen LogP contribution in [0.3, 0.4) is 0 Å². The first-order valence-corrected chi connectivity index (χ1v) is 14.2. The summed E-state index contributed by atoms with van der Waals surface area (Å²) in [6, 6.07) is 18.6. The van der Waals surface area contributed by atoms with Gasteiger partial charge >= 0.3 is 0 Å².